The normalized spacial score (nSPS) is 15.3. The number of benzene rings is 2. The molecular weight excluding hydrogens is 971 g/mol. The second-order valence-corrected chi connectivity index (χ2v) is 15.8. The topological polar surface area (TPSA) is 509 Å². The van der Waals surface area contributed by atoms with Gasteiger partial charge in [-0.15, -0.1) is 0 Å². The zero-order valence-electron chi connectivity index (χ0n) is 39.1. The lowest BCUT2D eigenvalue weighted by molar-refractivity contribution is -0.173. The number of rotatable bonds is 24. The number of phenolic OH excluding ortho intramolecular Hbond substituents is 4. The highest BCUT2D eigenvalue weighted by Gasteiger charge is 2.32. The fourth-order valence-corrected chi connectivity index (χ4v) is 6.43. The van der Waals surface area contributed by atoms with Crippen molar-refractivity contribution < 1.29 is 78.3 Å². The van der Waals surface area contributed by atoms with Crippen LogP contribution in [0.15, 0.2) is 46.4 Å². The van der Waals surface area contributed by atoms with Gasteiger partial charge in [0.1, 0.15) is 30.8 Å². The molecule has 0 bridgehead atoms. The minimum absolute atomic E-state index is 0.0385. The first-order chi connectivity index (χ1) is 34.6. The number of hydroxylamine groups is 2. The molecule has 3 rings (SSSR count). The molecule has 31 nitrogen and oxygen atoms in total. The molecular formula is C42H59N15O16. The number of amides is 9. The van der Waals surface area contributed by atoms with Crippen LogP contribution in [0.1, 0.15) is 59.2 Å². The van der Waals surface area contributed by atoms with Crippen molar-refractivity contribution in [3.63, 3.8) is 0 Å². The second-order valence-electron chi connectivity index (χ2n) is 15.8. The lowest BCUT2D eigenvalue weighted by Gasteiger charge is -2.26. The average molecular weight is 1030 g/mol. The Bertz CT molecular complexity index is 2410. The van der Waals surface area contributed by atoms with Crippen LogP contribution in [0, 0.1) is 0 Å². The van der Waals surface area contributed by atoms with Crippen molar-refractivity contribution in [1.82, 2.24) is 47.6 Å². The molecule has 0 aromatic heterocycles. The SMILES string of the molecule is NC(N)=NCCC[C@@H](NC(=O)c1cccc(O)c1O)C(=O)NCC(=O)NCC(=O)N[C@H]1CCCN(O)C(=O)[C@@H](NC(=O)CNC(=O)CNC(=O)[C@@H](CCCN=C(N)N)NC(=O)c2cccc(O)c2O)COC1=O. The van der Waals surface area contributed by atoms with Crippen LogP contribution in [0.3, 0.4) is 0 Å². The van der Waals surface area contributed by atoms with Crippen LogP contribution in [0.5, 0.6) is 23.0 Å². The quantitative estimate of drug-likeness (QED) is 0.0116. The van der Waals surface area contributed by atoms with Crippen molar-refractivity contribution in [1.29, 1.82) is 0 Å². The van der Waals surface area contributed by atoms with Gasteiger partial charge in [0, 0.05) is 19.6 Å². The Morgan fingerprint density at radius 1 is 0.630 bits per heavy atom. The molecule has 1 fully saturated rings. The van der Waals surface area contributed by atoms with E-state index in [9.17, 15) is 73.6 Å². The molecule has 2 aromatic carbocycles. The number of carbonyl (C=O) groups excluding carboxylic acids is 10. The van der Waals surface area contributed by atoms with Crippen LogP contribution in [0.2, 0.25) is 0 Å². The van der Waals surface area contributed by atoms with Crippen molar-refractivity contribution >= 4 is 71.1 Å². The standard InChI is InChI=1S/C42H59N15O16/c43-41(44)47-13-3-8-23(55-35(66)21-6-1-11-27(58)33(21)64)37(68)51-16-29(60)49-18-31(62)53-25-10-5-15-57(72)39(70)26(20-73-40(25)71)54-32(63)19-50-30(61)17-52-38(69)24(9-4-14-48-42(45)46)56-36(67)22-7-2-12-28(59)34(22)65/h1-2,6-7,11-12,23-26,58-59,64-65,72H,3-5,8-10,13-20H2,(H,49,60)(H,50,61)(H,51,68)(H,52,69)(H,53,62)(H,54,63)(H,55,66)(H,56,67)(H4,43,44,47)(H4,45,46,48)/t23-,24-,25+,26+/m1/s1. The second kappa shape index (κ2) is 29.1. The van der Waals surface area contributed by atoms with Gasteiger partial charge in [0.15, 0.2) is 34.9 Å². The van der Waals surface area contributed by atoms with Crippen molar-refractivity contribution in [3.8, 4) is 23.0 Å². The van der Waals surface area contributed by atoms with Crippen LogP contribution in [0.4, 0.5) is 0 Å². The number of ether oxygens (including phenoxy) is 1. The van der Waals surface area contributed by atoms with E-state index >= 15 is 0 Å². The number of hydrogen-bond acceptors (Lipinski definition) is 18. The maximum atomic E-state index is 13.1. The molecule has 2 aromatic rings. The molecule has 0 saturated carbocycles. The first-order valence-corrected chi connectivity index (χ1v) is 22.2. The highest BCUT2D eigenvalue weighted by molar-refractivity contribution is 6.02. The molecule has 1 saturated heterocycles. The number of phenols is 4. The van der Waals surface area contributed by atoms with E-state index in [0.717, 1.165) is 12.1 Å². The summed E-state index contributed by atoms with van der Waals surface area (Å²) < 4.78 is 5.17. The number of aliphatic imine (C=N–C) groups is 2. The smallest absolute Gasteiger partial charge is 0.328 e. The van der Waals surface area contributed by atoms with E-state index in [4.69, 9.17) is 27.7 Å². The number of nitrogens with one attached hydrogen (secondary N) is 8. The highest BCUT2D eigenvalue weighted by Crippen LogP contribution is 2.29. The largest absolute Gasteiger partial charge is 0.504 e. The number of nitrogens with zero attached hydrogens (tertiary/aromatic N) is 3. The minimum atomic E-state index is -1.69. The molecule has 0 unspecified atom stereocenters. The molecule has 0 aliphatic carbocycles. The van der Waals surface area contributed by atoms with E-state index in [2.05, 4.69) is 52.5 Å². The first-order valence-electron chi connectivity index (χ1n) is 22.2. The van der Waals surface area contributed by atoms with Crippen molar-refractivity contribution in [2.24, 2.45) is 32.9 Å². The predicted octanol–water partition coefficient (Wildman–Crippen LogP) is -6.50. The third-order valence-corrected chi connectivity index (χ3v) is 10.2. The molecule has 4 atom stereocenters. The van der Waals surface area contributed by atoms with Gasteiger partial charge in [-0.25, -0.2) is 9.86 Å². The molecule has 0 spiro atoms. The summed E-state index contributed by atoms with van der Waals surface area (Å²) in [6.45, 7) is -4.00. The minimum Gasteiger partial charge on any atom is -0.504 e. The Hall–Kier alpha value is -9.16. The summed E-state index contributed by atoms with van der Waals surface area (Å²) in [4.78, 5) is 136. The molecule has 398 valence electrons. The van der Waals surface area contributed by atoms with Gasteiger partial charge < -0.3 is 90.6 Å². The van der Waals surface area contributed by atoms with Crippen LogP contribution in [-0.4, -0.2) is 178 Å². The number of aromatic hydroxyl groups is 4. The van der Waals surface area contributed by atoms with Crippen molar-refractivity contribution in [2.75, 3.05) is 52.4 Å². The van der Waals surface area contributed by atoms with E-state index in [1.54, 1.807) is 0 Å². The molecule has 9 amide bonds. The average Bonchev–Trinajstić information content (AvgIpc) is 3.34. The zero-order valence-corrected chi connectivity index (χ0v) is 39.1. The van der Waals surface area contributed by atoms with Crippen LogP contribution >= 0.6 is 0 Å². The molecule has 1 aliphatic rings. The third kappa shape index (κ3) is 20.0. The lowest BCUT2D eigenvalue weighted by atomic mass is 10.1. The van der Waals surface area contributed by atoms with E-state index in [0.29, 0.717) is 0 Å². The number of para-hydroxylation sites is 2. The monoisotopic (exact) mass is 1030 g/mol. The van der Waals surface area contributed by atoms with Gasteiger partial charge in [-0.3, -0.25) is 58.3 Å². The molecule has 73 heavy (non-hydrogen) atoms. The van der Waals surface area contributed by atoms with Crippen LogP contribution < -0.4 is 65.5 Å². The van der Waals surface area contributed by atoms with Gasteiger partial charge in [-0.1, -0.05) is 12.1 Å². The van der Waals surface area contributed by atoms with Gasteiger partial charge in [0.2, 0.25) is 35.4 Å². The number of hydrogen-bond donors (Lipinski definition) is 17. The molecule has 1 aliphatic heterocycles. The van der Waals surface area contributed by atoms with Crippen molar-refractivity contribution in [2.45, 2.75) is 62.7 Å². The summed E-state index contributed by atoms with van der Waals surface area (Å²) in [7, 11) is 0. The number of guanidine groups is 2. The Morgan fingerprint density at radius 2 is 1.05 bits per heavy atom. The maximum absolute atomic E-state index is 13.1. The van der Waals surface area contributed by atoms with Gasteiger partial charge in [-0.05, 0) is 62.8 Å². The van der Waals surface area contributed by atoms with Gasteiger partial charge in [-0.2, -0.15) is 0 Å². The van der Waals surface area contributed by atoms with Gasteiger partial charge >= 0.3 is 5.97 Å². The molecule has 0 radical (unpaired) electrons. The van der Waals surface area contributed by atoms with Crippen molar-refractivity contribution in [3.05, 3.63) is 47.5 Å². The molecule has 1 heterocycles. The fraction of sp³-hybridized carbons (Fsp3) is 0.429. The fourth-order valence-electron chi connectivity index (χ4n) is 6.43. The van der Waals surface area contributed by atoms with E-state index in [1.807, 2.05) is 0 Å². The van der Waals surface area contributed by atoms with Gasteiger partial charge in [0.25, 0.3) is 17.7 Å². The first kappa shape index (κ1) is 58.2. The third-order valence-electron chi connectivity index (χ3n) is 10.2. The van der Waals surface area contributed by atoms with E-state index < -0.39 is 139 Å². The lowest BCUT2D eigenvalue weighted by Crippen LogP contribution is -2.55. The maximum Gasteiger partial charge on any atom is 0.328 e. The Labute approximate surface area is 414 Å². The Balaban J connectivity index is 1.50. The summed E-state index contributed by atoms with van der Waals surface area (Å²) in [5, 5.41) is 68.7. The number of carbonyl (C=O) groups is 10. The Morgan fingerprint density at radius 3 is 1.49 bits per heavy atom. The van der Waals surface area contributed by atoms with E-state index in [-0.39, 0.29) is 86.3 Å². The summed E-state index contributed by atoms with van der Waals surface area (Å²) in [5.41, 5.74) is 20.6. The van der Waals surface area contributed by atoms with Crippen LogP contribution in [-0.2, 0) is 43.1 Å². The Kier molecular flexibility index (Phi) is 23.2. The molecule has 21 N–H and O–H groups in total. The predicted molar refractivity (Wildman–Crippen MR) is 251 cm³/mol. The summed E-state index contributed by atoms with van der Waals surface area (Å²) in [5.74, 6) is -12.5. The van der Waals surface area contributed by atoms with Gasteiger partial charge in [0.05, 0.1) is 37.3 Å². The number of nitrogens with two attached hydrogens (primary N) is 4. The summed E-state index contributed by atoms with van der Waals surface area (Å²) >= 11 is 0. The van der Waals surface area contributed by atoms with Crippen LogP contribution in [0.25, 0.3) is 0 Å². The number of cyclic esters (lactones) is 1. The van der Waals surface area contributed by atoms with E-state index in [1.165, 1.54) is 24.3 Å². The summed E-state index contributed by atoms with van der Waals surface area (Å²) in [6.07, 6.45) is 0.0169. The molecule has 31 heteroatoms. The summed E-state index contributed by atoms with van der Waals surface area (Å²) in [6, 6.07) is 1.56. The number of esters is 1. The zero-order chi connectivity index (χ0) is 54.2. The highest BCUT2D eigenvalue weighted by atomic mass is 16.5.